The lowest BCUT2D eigenvalue weighted by atomic mass is 10.1. The van der Waals surface area contributed by atoms with Gasteiger partial charge in [-0.2, -0.15) is 0 Å². The highest BCUT2D eigenvalue weighted by Gasteiger charge is 2.24. The molecule has 4 heteroatoms. The van der Waals surface area contributed by atoms with Crippen molar-refractivity contribution in [1.29, 1.82) is 0 Å². The molecule has 1 unspecified atom stereocenters. The molecule has 17 heavy (non-hydrogen) atoms. The van der Waals surface area contributed by atoms with Gasteiger partial charge in [-0.15, -0.1) is 0 Å². The van der Waals surface area contributed by atoms with Crippen LogP contribution in [0.25, 0.3) is 0 Å². The van der Waals surface area contributed by atoms with Crippen LogP contribution >= 0.6 is 0 Å². The van der Waals surface area contributed by atoms with Crippen LogP contribution < -0.4 is 5.32 Å². The van der Waals surface area contributed by atoms with Gasteiger partial charge in [-0.1, -0.05) is 18.2 Å². The Morgan fingerprint density at radius 3 is 2.47 bits per heavy atom. The highest BCUT2D eigenvalue weighted by molar-refractivity contribution is 5.94. The van der Waals surface area contributed by atoms with E-state index in [-0.39, 0.29) is 5.91 Å². The van der Waals surface area contributed by atoms with Crippen molar-refractivity contribution in [3.8, 4) is 0 Å². The van der Waals surface area contributed by atoms with Crippen molar-refractivity contribution in [2.24, 2.45) is 0 Å². The van der Waals surface area contributed by atoms with E-state index in [0.717, 1.165) is 0 Å². The van der Waals surface area contributed by atoms with E-state index in [2.05, 4.69) is 5.32 Å². The topological polar surface area (TPSA) is 47.6 Å². The fourth-order valence-corrected chi connectivity index (χ4v) is 1.45. The van der Waals surface area contributed by atoms with Crippen molar-refractivity contribution < 1.29 is 14.3 Å². The van der Waals surface area contributed by atoms with Crippen molar-refractivity contribution in [2.45, 2.75) is 12.5 Å². The van der Waals surface area contributed by atoms with Gasteiger partial charge in [0.2, 0.25) is 0 Å². The maximum atomic E-state index is 11.8. The smallest absolute Gasteiger partial charge is 0.251 e. The summed E-state index contributed by atoms with van der Waals surface area (Å²) in [7, 11) is 3.21. The summed E-state index contributed by atoms with van der Waals surface area (Å²) >= 11 is 0. The third-order valence-corrected chi connectivity index (χ3v) is 2.60. The molecular weight excluding hydrogens is 218 g/mol. The molecule has 0 aromatic heterocycles. The number of nitrogens with one attached hydrogen (secondary N) is 1. The van der Waals surface area contributed by atoms with E-state index in [1.807, 2.05) is 25.1 Å². The first-order valence-electron chi connectivity index (χ1n) is 5.48. The molecule has 0 aliphatic heterocycles. The van der Waals surface area contributed by atoms with Gasteiger partial charge in [0.25, 0.3) is 5.91 Å². The second-order valence-electron chi connectivity index (χ2n) is 4.14. The lowest BCUT2D eigenvalue weighted by molar-refractivity contribution is -0.0479. The number of amides is 1. The van der Waals surface area contributed by atoms with Crippen LogP contribution in [0.2, 0.25) is 0 Å². The molecule has 0 aliphatic rings. The van der Waals surface area contributed by atoms with E-state index in [4.69, 9.17) is 9.47 Å². The summed E-state index contributed by atoms with van der Waals surface area (Å²) in [5, 5.41) is 2.83. The molecule has 1 N–H and O–H groups in total. The first-order valence-corrected chi connectivity index (χ1v) is 5.48. The lowest BCUT2D eigenvalue weighted by Gasteiger charge is -2.27. The quantitative estimate of drug-likeness (QED) is 0.815. The predicted octanol–water partition coefficient (Wildman–Crippen LogP) is 1.47. The van der Waals surface area contributed by atoms with Crippen LogP contribution in [-0.4, -0.2) is 38.9 Å². The Labute approximate surface area is 102 Å². The van der Waals surface area contributed by atoms with Gasteiger partial charge < -0.3 is 14.8 Å². The summed E-state index contributed by atoms with van der Waals surface area (Å²) in [6, 6.07) is 9.09. The molecule has 1 atom stereocenters. The summed E-state index contributed by atoms with van der Waals surface area (Å²) in [4.78, 5) is 11.8. The summed E-state index contributed by atoms with van der Waals surface area (Å²) < 4.78 is 10.4. The van der Waals surface area contributed by atoms with E-state index < -0.39 is 5.60 Å². The highest BCUT2D eigenvalue weighted by atomic mass is 16.5. The number of methoxy groups -OCH3 is 2. The van der Waals surface area contributed by atoms with Gasteiger partial charge in [0, 0.05) is 26.3 Å². The Kier molecular flexibility index (Phi) is 5.12. The molecule has 0 saturated heterocycles. The number of benzene rings is 1. The lowest BCUT2D eigenvalue weighted by Crippen LogP contribution is -2.45. The Morgan fingerprint density at radius 2 is 1.94 bits per heavy atom. The Morgan fingerprint density at radius 1 is 1.29 bits per heavy atom. The van der Waals surface area contributed by atoms with Crippen LogP contribution in [-0.2, 0) is 9.47 Å². The molecule has 94 valence electrons. The minimum absolute atomic E-state index is 0.107. The SMILES string of the molecule is COCC(C)(CNC(=O)c1ccccc1)OC. The summed E-state index contributed by atoms with van der Waals surface area (Å²) in [6.45, 7) is 2.73. The van der Waals surface area contributed by atoms with Crippen molar-refractivity contribution in [2.75, 3.05) is 27.4 Å². The van der Waals surface area contributed by atoms with Crippen LogP contribution in [0.4, 0.5) is 0 Å². The van der Waals surface area contributed by atoms with Crippen LogP contribution in [0.1, 0.15) is 17.3 Å². The van der Waals surface area contributed by atoms with Gasteiger partial charge in [0.15, 0.2) is 0 Å². The first-order chi connectivity index (χ1) is 8.11. The predicted molar refractivity (Wildman–Crippen MR) is 66.1 cm³/mol. The van der Waals surface area contributed by atoms with E-state index in [9.17, 15) is 4.79 Å². The molecule has 0 radical (unpaired) electrons. The van der Waals surface area contributed by atoms with Crippen LogP contribution in [0.15, 0.2) is 30.3 Å². The number of rotatable bonds is 6. The molecule has 0 saturated carbocycles. The van der Waals surface area contributed by atoms with Crippen molar-refractivity contribution in [1.82, 2.24) is 5.32 Å². The van der Waals surface area contributed by atoms with Crippen molar-refractivity contribution >= 4 is 5.91 Å². The third kappa shape index (κ3) is 4.17. The molecular formula is C13H19NO3. The zero-order chi connectivity index (χ0) is 12.7. The Balaban J connectivity index is 2.53. The second kappa shape index (κ2) is 6.37. The van der Waals surface area contributed by atoms with Gasteiger partial charge in [-0.25, -0.2) is 0 Å². The molecule has 0 spiro atoms. The number of carbonyl (C=O) groups excluding carboxylic acids is 1. The monoisotopic (exact) mass is 237 g/mol. The zero-order valence-electron chi connectivity index (χ0n) is 10.5. The molecule has 1 rings (SSSR count). The summed E-state index contributed by atoms with van der Waals surface area (Å²) in [5.41, 5.74) is 0.141. The third-order valence-electron chi connectivity index (χ3n) is 2.60. The molecule has 1 aromatic rings. The van der Waals surface area contributed by atoms with Gasteiger partial charge in [0.05, 0.1) is 6.61 Å². The van der Waals surface area contributed by atoms with Gasteiger partial charge in [-0.3, -0.25) is 4.79 Å². The van der Waals surface area contributed by atoms with E-state index in [1.165, 1.54) is 0 Å². The summed E-state index contributed by atoms with van der Waals surface area (Å²) in [6.07, 6.45) is 0. The molecule has 4 nitrogen and oxygen atoms in total. The Hall–Kier alpha value is -1.39. The number of hydrogen-bond acceptors (Lipinski definition) is 3. The highest BCUT2D eigenvalue weighted by Crippen LogP contribution is 2.08. The number of hydrogen-bond donors (Lipinski definition) is 1. The number of carbonyl (C=O) groups is 1. The van der Waals surface area contributed by atoms with Crippen LogP contribution in [0.5, 0.6) is 0 Å². The van der Waals surface area contributed by atoms with E-state index >= 15 is 0 Å². The largest absolute Gasteiger partial charge is 0.382 e. The summed E-state index contributed by atoms with van der Waals surface area (Å²) in [5.74, 6) is -0.107. The van der Waals surface area contributed by atoms with E-state index in [1.54, 1.807) is 26.4 Å². The van der Waals surface area contributed by atoms with Gasteiger partial charge in [-0.05, 0) is 19.1 Å². The van der Waals surface area contributed by atoms with Crippen LogP contribution in [0, 0.1) is 0 Å². The minimum atomic E-state index is -0.501. The molecule has 1 amide bonds. The maximum Gasteiger partial charge on any atom is 0.251 e. The second-order valence-corrected chi connectivity index (χ2v) is 4.14. The van der Waals surface area contributed by atoms with E-state index in [0.29, 0.717) is 18.7 Å². The van der Waals surface area contributed by atoms with Crippen LogP contribution in [0.3, 0.4) is 0 Å². The normalized spacial score (nSPS) is 14.1. The van der Waals surface area contributed by atoms with Crippen molar-refractivity contribution in [3.05, 3.63) is 35.9 Å². The average molecular weight is 237 g/mol. The fourth-order valence-electron chi connectivity index (χ4n) is 1.45. The first kappa shape index (κ1) is 13.7. The molecule has 0 bridgehead atoms. The zero-order valence-corrected chi connectivity index (χ0v) is 10.5. The minimum Gasteiger partial charge on any atom is -0.382 e. The fraction of sp³-hybridized carbons (Fsp3) is 0.462. The van der Waals surface area contributed by atoms with Gasteiger partial charge >= 0.3 is 0 Å². The molecule has 0 aliphatic carbocycles. The maximum absolute atomic E-state index is 11.8. The van der Waals surface area contributed by atoms with Gasteiger partial charge in [0.1, 0.15) is 5.60 Å². The van der Waals surface area contributed by atoms with Crippen molar-refractivity contribution in [3.63, 3.8) is 0 Å². The molecule has 0 fully saturated rings. The number of ether oxygens (including phenoxy) is 2. The Bertz CT molecular complexity index is 353. The standard InChI is InChI=1S/C13H19NO3/c1-13(17-3,10-16-2)9-14-12(15)11-7-5-4-6-8-11/h4-8H,9-10H2,1-3H3,(H,14,15). The molecule has 0 heterocycles. The molecule has 1 aromatic carbocycles. The average Bonchev–Trinajstić information content (AvgIpc) is 2.37.